The molecule has 1 heterocycles. The lowest BCUT2D eigenvalue weighted by Crippen LogP contribution is -2.43. The maximum absolute atomic E-state index is 15.2. The van der Waals surface area contributed by atoms with Gasteiger partial charge in [0, 0.05) is 30.3 Å². The Bertz CT molecular complexity index is 1050. The van der Waals surface area contributed by atoms with Gasteiger partial charge in [-0.3, -0.25) is 4.79 Å². The number of methoxy groups -OCH3 is 1. The molecule has 0 radical (unpaired) electrons. The molecule has 1 aliphatic carbocycles. The maximum atomic E-state index is 15.2. The van der Waals surface area contributed by atoms with Gasteiger partial charge in [0.1, 0.15) is 0 Å². The SMILES string of the molecule is COC(=O)c1cc(Oc2ncc(CO)cc2Br)c(F)cc1N(C(=O)C1CCC(C)CC1)C(C)C. The van der Waals surface area contributed by atoms with Gasteiger partial charge in [-0.1, -0.05) is 6.92 Å². The van der Waals surface area contributed by atoms with Gasteiger partial charge in [0.2, 0.25) is 11.8 Å². The number of rotatable bonds is 7. The van der Waals surface area contributed by atoms with E-state index in [0.717, 1.165) is 31.7 Å². The number of hydrogen-bond donors (Lipinski definition) is 1. The Kier molecular flexibility index (Phi) is 8.65. The van der Waals surface area contributed by atoms with Gasteiger partial charge in [0.25, 0.3) is 0 Å². The van der Waals surface area contributed by atoms with Crippen molar-refractivity contribution in [1.29, 1.82) is 0 Å². The van der Waals surface area contributed by atoms with E-state index < -0.39 is 11.8 Å². The Morgan fingerprint density at radius 2 is 1.91 bits per heavy atom. The molecule has 3 rings (SSSR count). The number of hydrogen-bond acceptors (Lipinski definition) is 6. The first-order valence-electron chi connectivity index (χ1n) is 11.3. The molecule has 0 aliphatic heterocycles. The highest BCUT2D eigenvalue weighted by molar-refractivity contribution is 9.10. The quantitative estimate of drug-likeness (QED) is 0.461. The summed E-state index contributed by atoms with van der Waals surface area (Å²) in [6.45, 7) is 5.63. The first-order valence-corrected chi connectivity index (χ1v) is 12.1. The van der Waals surface area contributed by atoms with Crippen LogP contribution in [-0.2, 0) is 16.1 Å². The molecule has 0 spiro atoms. The molecular formula is C25H30BrFN2O5. The molecule has 184 valence electrons. The molecule has 1 aromatic heterocycles. The Balaban J connectivity index is 2.01. The molecule has 34 heavy (non-hydrogen) atoms. The van der Waals surface area contributed by atoms with Crippen LogP contribution in [0, 0.1) is 17.7 Å². The second kappa shape index (κ2) is 11.3. The number of aliphatic hydroxyl groups is 1. The predicted octanol–water partition coefficient (Wildman–Crippen LogP) is 5.62. The molecule has 1 aliphatic rings. The van der Waals surface area contributed by atoms with Gasteiger partial charge < -0.3 is 19.5 Å². The molecule has 0 atom stereocenters. The molecule has 1 saturated carbocycles. The molecule has 0 unspecified atom stereocenters. The average molecular weight is 537 g/mol. The summed E-state index contributed by atoms with van der Waals surface area (Å²) in [4.78, 5) is 31.7. The lowest BCUT2D eigenvalue weighted by molar-refractivity contribution is -0.123. The van der Waals surface area contributed by atoms with Crippen LogP contribution >= 0.6 is 15.9 Å². The summed E-state index contributed by atoms with van der Waals surface area (Å²) < 4.78 is 26.2. The first-order chi connectivity index (χ1) is 16.2. The van der Waals surface area contributed by atoms with Gasteiger partial charge >= 0.3 is 5.97 Å². The van der Waals surface area contributed by atoms with Crippen LogP contribution in [0.4, 0.5) is 10.1 Å². The molecule has 7 nitrogen and oxygen atoms in total. The van der Waals surface area contributed by atoms with Crippen LogP contribution in [0.3, 0.4) is 0 Å². The van der Waals surface area contributed by atoms with Gasteiger partial charge in [0.15, 0.2) is 11.6 Å². The summed E-state index contributed by atoms with van der Waals surface area (Å²) in [5.74, 6) is -1.35. The topological polar surface area (TPSA) is 89.0 Å². The smallest absolute Gasteiger partial charge is 0.340 e. The highest BCUT2D eigenvalue weighted by Gasteiger charge is 2.33. The normalized spacial score (nSPS) is 18.0. The summed E-state index contributed by atoms with van der Waals surface area (Å²) in [5.41, 5.74) is 0.722. The highest BCUT2D eigenvalue weighted by Crippen LogP contribution is 2.37. The molecule has 1 aromatic carbocycles. The van der Waals surface area contributed by atoms with Gasteiger partial charge in [-0.05, 0) is 73.0 Å². The van der Waals surface area contributed by atoms with Crippen molar-refractivity contribution >= 4 is 33.5 Å². The molecule has 0 bridgehead atoms. The minimum atomic E-state index is -0.752. The maximum Gasteiger partial charge on any atom is 0.340 e. The van der Waals surface area contributed by atoms with E-state index in [1.54, 1.807) is 6.07 Å². The zero-order valence-electron chi connectivity index (χ0n) is 19.8. The minimum Gasteiger partial charge on any atom is -0.465 e. The third-order valence-corrected chi connectivity index (χ3v) is 6.66. The van der Waals surface area contributed by atoms with Crippen LogP contribution in [0.5, 0.6) is 11.6 Å². The lowest BCUT2D eigenvalue weighted by Gasteiger charge is -2.34. The number of amides is 1. The van der Waals surface area contributed by atoms with Crippen LogP contribution in [0.15, 0.2) is 28.9 Å². The largest absolute Gasteiger partial charge is 0.465 e. The summed E-state index contributed by atoms with van der Waals surface area (Å²) in [7, 11) is 1.23. The third kappa shape index (κ3) is 5.75. The van der Waals surface area contributed by atoms with Crippen molar-refractivity contribution in [3.05, 3.63) is 45.8 Å². The Morgan fingerprint density at radius 3 is 2.47 bits per heavy atom. The van der Waals surface area contributed by atoms with E-state index >= 15 is 4.39 Å². The molecule has 0 saturated heterocycles. The van der Waals surface area contributed by atoms with Crippen LogP contribution in [0.1, 0.15) is 62.4 Å². The van der Waals surface area contributed by atoms with Crippen molar-refractivity contribution < 1.29 is 28.6 Å². The number of aliphatic hydroxyl groups excluding tert-OH is 1. The Morgan fingerprint density at radius 1 is 1.24 bits per heavy atom. The van der Waals surface area contributed by atoms with Crippen LogP contribution in [0.25, 0.3) is 0 Å². The van der Waals surface area contributed by atoms with E-state index in [9.17, 15) is 14.7 Å². The minimum absolute atomic E-state index is 0.0215. The van der Waals surface area contributed by atoms with Gasteiger partial charge in [-0.15, -0.1) is 0 Å². The van der Waals surface area contributed by atoms with E-state index in [4.69, 9.17) is 9.47 Å². The zero-order chi connectivity index (χ0) is 25.0. The molecule has 1 amide bonds. The number of carbonyl (C=O) groups excluding carboxylic acids is 2. The number of benzene rings is 1. The summed E-state index contributed by atoms with van der Waals surface area (Å²) in [6.07, 6.45) is 4.86. The number of aromatic nitrogens is 1. The van der Waals surface area contributed by atoms with E-state index in [2.05, 4.69) is 27.8 Å². The highest BCUT2D eigenvalue weighted by atomic mass is 79.9. The van der Waals surface area contributed by atoms with Crippen molar-refractivity contribution in [3.63, 3.8) is 0 Å². The molecule has 2 aromatic rings. The van der Waals surface area contributed by atoms with Crippen LogP contribution in [-0.4, -0.2) is 35.1 Å². The number of ether oxygens (including phenoxy) is 2. The van der Waals surface area contributed by atoms with Crippen molar-refractivity contribution in [2.24, 2.45) is 11.8 Å². The molecular weight excluding hydrogens is 507 g/mol. The van der Waals surface area contributed by atoms with E-state index in [1.165, 1.54) is 24.3 Å². The second-order valence-corrected chi connectivity index (χ2v) is 9.80. The van der Waals surface area contributed by atoms with Gasteiger partial charge in [0.05, 0.1) is 29.4 Å². The Labute approximate surface area is 207 Å². The average Bonchev–Trinajstić information content (AvgIpc) is 2.81. The van der Waals surface area contributed by atoms with E-state index in [0.29, 0.717) is 16.0 Å². The number of nitrogens with zero attached hydrogens (tertiary/aromatic N) is 2. The molecule has 1 N–H and O–H groups in total. The standard InChI is InChI=1S/C25H30BrFN2O5/c1-14(2)29(24(31)17-7-5-15(3)6-8-17)21-11-20(27)22(10-18(21)25(32)33-4)34-23-19(26)9-16(13-30)12-28-23/h9-12,14-15,17,30H,5-8,13H2,1-4H3. The molecule has 1 fully saturated rings. The zero-order valence-corrected chi connectivity index (χ0v) is 21.4. The first kappa shape index (κ1) is 26.1. The van der Waals surface area contributed by atoms with E-state index in [1.807, 2.05) is 13.8 Å². The fraction of sp³-hybridized carbons (Fsp3) is 0.480. The van der Waals surface area contributed by atoms with Crippen molar-refractivity contribution in [2.75, 3.05) is 12.0 Å². The number of halogens is 2. The van der Waals surface area contributed by atoms with E-state index in [-0.39, 0.29) is 47.4 Å². The van der Waals surface area contributed by atoms with Crippen molar-refractivity contribution in [2.45, 2.75) is 59.1 Å². The van der Waals surface area contributed by atoms with Crippen LogP contribution in [0.2, 0.25) is 0 Å². The monoisotopic (exact) mass is 536 g/mol. The van der Waals surface area contributed by atoms with Crippen molar-refractivity contribution in [1.82, 2.24) is 4.98 Å². The number of esters is 1. The summed E-state index contributed by atoms with van der Waals surface area (Å²) in [5, 5.41) is 9.25. The number of carbonyl (C=O) groups is 2. The molecule has 9 heteroatoms. The number of pyridine rings is 1. The second-order valence-electron chi connectivity index (χ2n) is 8.94. The predicted molar refractivity (Wildman–Crippen MR) is 129 cm³/mol. The number of anilines is 1. The Hall–Kier alpha value is -2.52. The summed E-state index contributed by atoms with van der Waals surface area (Å²) >= 11 is 3.29. The summed E-state index contributed by atoms with van der Waals surface area (Å²) in [6, 6.07) is 3.67. The third-order valence-electron chi connectivity index (χ3n) is 6.09. The van der Waals surface area contributed by atoms with Crippen molar-refractivity contribution in [3.8, 4) is 11.6 Å². The van der Waals surface area contributed by atoms with Gasteiger partial charge in [-0.2, -0.15) is 0 Å². The fourth-order valence-corrected chi connectivity index (χ4v) is 4.66. The fourth-order valence-electron chi connectivity index (χ4n) is 4.18. The van der Waals surface area contributed by atoms with Crippen LogP contribution < -0.4 is 9.64 Å². The lowest BCUT2D eigenvalue weighted by atomic mass is 9.82. The van der Waals surface area contributed by atoms with Gasteiger partial charge in [-0.25, -0.2) is 14.2 Å².